The van der Waals surface area contributed by atoms with E-state index in [1.165, 1.54) is 6.92 Å². The molecule has 0 aromatic rings. The molecule has 1 amide bonds. The molecule has 1 unspecified atom stereocenters. The SMILES string of the molecule is CCCC(C)(CC)C(=O)N[C@@H](C)C(C)=O. The van der Waals surface area contributed by atoms with Crippen LogP contribution in [0.3, 0.4) is 0 Å². The van der Waals surface area contributed by atoms with E-state index in [0.29, 0.717) is 0 Å². The molecule has 0 heterocycles. The van der Waals surface area contributed by atoms with Crippen molar-refractivity contribution >= 4 is 11.7 Å². The number of carbonyl (C=O) groups excluding carboxylic acids is 2. The number of Topliss-reactive ketones (excluding diaryl/α,β-unsaturated/α-hetero) is 1. The zero-order valence-electron chi connectivity index (χ0n) is 10.5. The Morgan fingerprint density at radius 3 is 2.20 bits per heavy atom. The Bertz CT molecular complexity index is 238. The molecule has 15 heavy (non-hydrogen) atoms. The lowest BCUT2D eigenvalue weighted by Crippen LogP contribution is -2.45. The maximum Gasteiger partial charge on any atom is 0.226 e. The van der Waals surface area contributed by atoms with Gasteiger partial charge in [0, 0.05) is 5.41 Å². The third kappa shape index (κ3) is 4.02. The van der Waals surface area contributed by atoms with Crippen LogP contribution in [-0.2, 0) is 9.59 Å². The largest absolute Gasteiger partial charge is 0.346 e. The van der Waals surface area contributed by atoms with E-state index in [1.54, 1.807) is 6.92 Å². The Morgan fingerprint density at radius 2 is 1.87 bits per heavy atom. The lowest BCUT2D eigenvalue weighted by molar-refractivity contribution is -0.134. The summed E-state index contributed by atoms with van der Waals surface area (Å²) in [5.41, 5.74) is -0.335. The minimum Gasteiger partial charge on any atom is -0.346 e. The molecule has 2 atom stereocenters. The van der Waals surface area contributed by atoms with E-state index in [1.807, 2.05) is 13.8 Å². The highest BCUT2D eigenvalue weighted by molar-refractivity contribution is 5.89. The van der Waals surface area contributed by atoms with Gasteiger partial charge in [0.25, 0.3) is 0 Å². The molecule has 3 heteroatoms. The van der Waals surface area contributed by atoms with Crippen LogP contribution in [0.25, 0.3) is 0 Å². The quantitative estimate of drug-likeness (QED) is 0.736. The zero-order valence-corrected chi connectivity index (χ0v) is 10.5. The molecule has 88 valence electrons. The van der Waals surface area contributed by atoms with Crippen LogP contribution >= 0.6 is 0 Å². The van der Waals surface area contributed by atoms with Crippen molar-refractivity contribution < 1.29 is 9.59 Å². The van der Waals surface area contributed by atoms with Crippen LogP contribution in [0.5, 0.6) is 0 Å². The summed E-state index contributed by atoms with van der Waals surface area (Å²) < 4.78 is 0. The summed E-state index contributed by atoms with van der Waals surface area (Å²) >= 11 is 0. The van der Waals surface area contributed by atoms with E-state index in [4.69, 9.17) is 0 Å². The normalized spacial score (nSPS) is 16.6. The molecule has 0 saturated heterocycles. The fourth-order valence-corrected chi connectivity index (χ4v) is 1.48. The maximum absolute atomic E-state index is 11.9. The van der Waals surface area contributed by atoms with E-state index in [-0.39, 0.29) is 23.1 Å². The van der Waals surface area contributed by atoms with Crippen LogP contribution < -0.4 is 5.32 Å². The monoisotopic (exact) mass is 213 g/mol. The highest BCUT2D eigenvalue weighted by Crippen LogP contribution is 2.27. The molecule has 0 rings (SSSR count). The van der Waals surface area contributed by atoms with Gasteiger partial charge in [-0.25, -0.2) is 0 Å². The molecule has 0 saturated carbocycles. The smallest absolute Gasteiger partial charge is 0.226 e. The van der Waals surface area contributed by atoms with Crippen molar-refractivity contribution in [3.05, 3.63) is 0 Å². The molecule has 0 spiro atoms. The number of hydrogen-bond acceptors (Lipinski definition) is 2. The third-order valence-electron chi connectivity index (χ3n) is 3.09. The maximum atomic E-state index is 11.9. The highest BCUT2D eigenvalue weighted by atomic mass is 16.2. The molecule has 0 aromatic heterocycles. The van der Waals surface area contributed by atoms with Gasteiger partial charge < -0.3 is 5.32 Å². The second kappa shape index (κ2) is 5.89. The number of nitrogens with one attached hydrogen (secondary N) is 1. The minimum absolute atomic E-state index is 0.00157. The van der Waals surface area contributed by atoms with Crippen molar-refractivity contribution in [3.63, 3.8) is 0 Å². The standard InChI is InChI=1S/C12H23NO2/c1-6-8-12(5,7-2)11(15)13-9(3)10(4)14/h9H,6-8H2,1-5H3,(H,13,15)/t9-,12?/m0/s1. The van der Waals surface area contributed by atoms with E-state index < -0.39 is 0 Å². The summed E-state index contributed by atoms with van der Waals surface area (Å²) in [6, 6.07) is -0.375. The van der Waals surface area contributed by atoms with Gasteiger partial charge in [-0.15, -0.1) is 0 Å². The Kier molecular flexibility index (Phi) is 5.55. The molecule has 3 nitrogen and oxygen atoms in total. The van der Waals surface area contributed by atoms with Gasteiger partial charge in [0.1, 0.15) is 0 Å². The second-order valence-electron chi connectivity index (χ2n) is 4.47. The number of rotatable bonds is 6. The molecule has 0 aliphatic heterocycles. The van der Waals surface area contributed by atoms with Gasteiger partial charge >= 0.3 is 0 Å². The predicted octanol–water partition coefficient (Wildman–Crippen LogP) is 2.30. The first-order valence-electron chi connectivity index (χ1n) is 5.68. The van der Waals surface area contributed by atoms with Crippen LogP contribution in [0.2, 0.25) is 0 Å². The van der Waals surface area contributed by atoms with E-state index in [2.05, 4.69) is 12.2 Å². The van der Waals surface area contributed by atoms with Crippen molar-refractivity contribution in [1.29, 1.82) is 0 Å². The lowest BCUT2D eigenvalue weighted by Gasteiger charge is -2.27. The molecule has 0 fully saturated rings. The molecule has 0 bridgehead atoms. The summed E-state index contributed by atoms with van der Waals surface area (Å²) in [4.78, 5) is 23.0. The predicted molar refractivity (Wildman–Crippen MR) is 61.6 cm³/mol. The summed E-state index contributed by atoms with van der Waals surface area (Å²) in [5.74, 6) is -0.00662. The van der Waals surface area contributed by atoms with Crippen molar-refractivity contribution in [2.24, 2.45) is 5.41 Å². The summed E-state index contributed by atoms with van der Waals surface area (Å²) in [5, 5.41) is 2.77. The Morgan fingerprint density at radius 1 is 1.33 bits per heavy atom. The zero-order chi connectivity index (χ0) is 12.1. The Balaban J connectivity index is 4.46. The van der Waals surface area contributed by atoms with Gasteiger partial charge in [0.2, 0.25) is 5.91 Å². The average Bonchev–Trinajstić information content (AvgIpc) is 2.17. The first kappa shape index (κ1) is 14.1. The number of hydrogen-bond donors (Lipinski definition) is 1. The Labute approximate surface area is 92.6 Å². The van der Waals surface area contributed by atoms with Gasteiger partial charge in [-0.1, -0.05) is 27.2 Å². The molecular formula is C12H23NO2. The van der Waals surface area contributed by atoms with Gasteiger partial charge in [0.15, 0.2) is 5.78 Å². The molecule has 0 radical (unpaired) electrons. The van der Waals surface area contributed by atoms with Gasteiger partial charge in [-0.05, 0) is 26.7 Å². The summed E-state index contributed by atoms with van der Waals surface area (Å²) in [6.07, 6.45) is 2.64. The Hall–Kier alpha value is -0.860. The van der Waals surface area contributed by atoms with Crippen LogP contribution in [0.1, 0.15) is 53.9 Å². The first-order chi connectivity index (χ1) is 6.87. The minimum atomic E-state index is -0.375. The fourth-order valence-electron chi connectivity index (χ4n) is 1.48. The lowest BCUT2D eigenvalue weighted by atomic mass is 9.82. The average molecular weight is 213 g/mol. The van der Waals surface area contributed by atoms with Crippen LogP contribution in [0, 0.1) is 5.41 Å². The molecular weight excluding hydrogens is 190 g/mol. The number of amides is 1. The van der Waals surface area contributed by atoms with Crippen molar-refractivity contribution in [1.82, 2.24) is 5.32 Å². The molecule has 0 aliphatic rings. The summed E-state index contributed by atoms with van der Waals surface area (Å²) in [7, 11) is 0. The van der Waals surface area contributed by atoms with Crippen LogP contribution in [-0.4, -0.2) is 17.7 Å². The van der Waals surface area contributed by atoms with Crippen molar-refractivity contribution in [2.45, 2.75) is 59.9 Å². The van der Waals surface area contributed by atoms with Crippen LogP contribution in [0.15, 0.2) is 0 Å². The van der Waals surface area contributed by atoms with Crippen molar-refractivity contribution in [2.75, 3.05) is 0 Å². The summed E-state index contributed by atoms with van der Waals surface area (Å²) in [6.45, 7) is 9.25. The first-order valence-corrected chi connectivity index (χ1v) is 5.68. The third-order valence-corrected chi connectivity index (χ3v) is 3.09. The molecule has 0 aromatic carbocycles. The number of ketones is 1. The van der Waals surface area contributed by atoms with Gasteiger partial charge in [0.05, 0.1) is 6.04 Å². The molecule has 1 N–H and O–H groups in total. The van der Waals surface area contributed by atoms with E-state index in [9.17, 15) is 9.59 Å². The van der Waals surface area contributed by atoms with Gasteiger partial charge in [-0.2, -0.15) is 0 Å². The number of carbonyl (C=O) groups is 2. The van der Waals surface area contributed by atoms with E-state index in [0.717, 1.165) is 19.3 Å². The topological polar surface area (TPSA) is 46.2 Å². The second-order valence-corrected chi connectivity index (χ2v) is 4.47. The fraction of sp³-hybridized carbons (Fsp3) is 0.833. The van der Waals surface area contributed by atoms with Gasteiger partial charge in [-0.3, -0.25) is 9.59 Å². The van der Waals surface area contributed by atoms with Crippen molar-refractivity contribution in [3.8, 4) is 0 Å². The van der Waals surface area contributed by atoms with E-state index >= 15 is 0 Å². The highest BCUT2D eigenvalue weighted by Gasteiger charge is 2.31. The van der Waals surface area contributed by atoms with Crippen LogP contribution in [0.4, 0.5) is 0 Å². The molecule has 0 aliphatic carbocycles.